The molecule has 0 aliphatic rings. The van der Waals surface area contributed by atoms with Crippen molar-refractivity contribution in [3.8, 4) is 112 Å². The summed E-state index contributed by atoms with van der Waals surface area (Å²) >= 11 is 0. The second-order valence-electron chi connectivity index (χ2n) is 20.8. The molecule has 12 aromatic carbocycles. The van der Waals surface area contributed by atoms with Gasteiger partial charge in [-0.1, -0.05) is 215 Å². The van der Waals surface area contributed by atoms with Crippen molar-refractivity contribution in [1.82, 2.24) is 15.0 Å². The van der Waals surface area contributed by atoms with E-state index in [0.29, 0.717) is 0 Å². The molecule has 3 aromatic heterocycles. The van der Waals surface area contributed by atoms with Crippen molar-refractivity contribution in [2.75, 3.05) is 0 Å². The van der Waals surface area contributed by atoms with Crippen LogP contribution in [0.15, 0.2) is 291 Å². The van der Waals surface area contributed by atoms with Crippen LogP contribution in [0.4, 0.5) is 0 Å². The number of nitrogens with zero attached hydrogens (tertiary/aromatic N) is 3. The number of aromatic nitrogens is 3. The SMILES string of the molecule is [Ir+3].[c-]1cc(-c2ccccc2-c2cc(-c3ccccc3-c3c[c-]c(-c4ccccn4)cc3)cc(-c3ccccc3-c3c[c-]c(-c4cc(-c5ccc6c7ccccc7c7ccccc7c6c5)c5ccccc5n4)cc3)c2)ccc1-c1ccccn1. The molecule has 83 heavy (non-hydrogen) atoms. The third-order valence-electron chi connectivity index (χ3n) is 15.9. The Kier molecular flexibility index (Phi) is 13.5. The van der Waals surface area contributed by atoms with E-state index in [0.717, 1.165) is 123 Å². The van der Waals surface area contributed by atoms with E-state index in [9.17, 15) is 0 Å². The van der Waals surface area contributed by atoms with Gasteiger partial charge in [-0.15, -0.1) is 89.5 Å². The number of hydrogen-bond acceptors (Lipinski definition) is 3. The maximum Gasteiger partial charge on any atom is 3.00 e. The van der Waals surface area contributed by atoms with E-state index in [1.54, 1.807) is 0 Å². The van der Waals surface area contributed by atoms with Gasteiger partial charge in [-0.05, 0) is 136 Å². The zero-order valence-electron chi connectivity index (χ0n) is 44.9. The van der Waals surface area contributed by atoms with Crippen LogP contribution >= 0.6 is 0 Å². The van der Waals surface area contributed by atoms with Gasteiger partial charge in [0.1, 0.15) is 0 Å². The van der Waals surface area contributed by atoms with Gasteiger partial charge in [0.15, 0.2) is 0 Å². The van der Waals surface area contributed by atoms with Crippen LogP contribution in [0.5, 0.6) is 0 Å². The first kappa shape index (κ1) is 51.0. The van der Waals surface area contributed by atoms with E-state index >= 15 is 0 Å². The Morgan fingerprint density at radius 1 is 0.229 bits per heavy atom. The van der Waals surface area contributed by atoms with Crippen LogP contribution < -0.4 is 0 Å². The van der Waals surface area contributed by atoms with Crippen LogP contribution in [0.25, 0.3) is 155 Å². The normalized spacial score (nSPS) is 11.3. The molecule has 0 radical (unpaired) electrons. The molecule has 0 fully saturated rings. The van der Waals surface area contributed by atoms with Gasteiger partial charge in [0.2, 0.25) is 0 Å². The molecule has 0 aliphatic heterocycles. The first-order valence-electron chi connectivity index (χ1n) is 27.7. The predicted octanol–water partition coefficient (Wildman–Crippen LogP) is 20.6. The van der Waals surface area contributed by atoms with Crippen molar-refractivity contribution in [2.24, 2.45) is 0 Å². The van der Waals surface area contributed by atoms with Crippen molar-refractivity contribution in [2.45, 2.75) is 0 Å². The van der Waals surface area contributed by atoms with Crippen LogP contribution in [0.2, 0.25) is 0 Å². The molecule has 0 N–H and O–H groups in total. The van der Waals surface area contributed by atoms with Gasteiger partial charge in [-0.25, -0.2) is 0 Å². The topological polar surface area (TPSA) is 38.7 Å². The van der Waals surface area contributed by atoms with E-state index in [2.05, 4.69) is 271 Å². The molecule has 0 amide bonds. The van der Waals surface area contributed by atoms with Gasteiger partial charge in [-0.3, -0.25) is 4.98 Å². The number of fused-ring (bicyclic) bond motifs is 7. The zero-order valence-corrected chi connectivity index (χ0v) is 47.3. The zero-order chi connectivity index (χ0) is 54.3. The summed E-state index contributed by atoms with van der Waals surface area (Å²) in [5, 5.41) is 8.66. The molecule has 3 nitrogen and oxygen atoms in total. The molecule has 0 unspecified atom stereocenters. The minimum atomic E-state index is 0. The van der Waals surface area contributed by atoms with Crippen molar-refractivity contribution in [1.29, 1.82) is 0 Å². The summed E-state index contributed by atoms with van der Waals surface area (Å²) < 4.78 is 0. The second-order valence-corrected chi connectivity index (χ2v) is 20.8. The minimum Gasteiger partial charge on any atom is -0.305 e. The van der Waals surface area contributed by atoms with E-state index in [4.69, 9.17) is 4.98 Å². The molecule has 15 aromatic rings. The fourth-order valence-electron chi connectivity index (χ4n) is 12.0. The molecule has 0 saturated heterocycles. The smallest absolute Gasteiger partial charge is 0.305 e. The number of hydrogen-bond donors (Lipinski definition) is 0. The predicted molar refractivity (Wildman–Crippen MR) is 341 cm³/mol. The Morgan fingerprint density at radius 2 is 0.578 bits per heavy atom. The van der Waals surface area contributed by atoms with Gasteiger partial charge in [0.25, 0.3) is 0 Å². The molecule has 388 valence electrons. The summed E-state index contributed by atoms with van der Waals surface area (Å²) in [5.74, 6) is 0. The van der Waals surface area contributed by atoms with Gasteiger partial charge in [0, 0.05) is 17.8 Å². The quantitative estimate of drug-likeness (QED) is 0.101. The Labute approximate surface area is 496 Å². The fourth-order valence-corrected chi connectivity index (χ4v) is 12.0. The molecule has 0 aliphatic carbocycles. The molecule has 0 saturated carbocycles. The van der Waals surface area contributed by atoms with Crippen LogP contribution in [0, 0.1) is 18.2 Å². The maximum absolute atomic E-state index is 5.28. The van der Waals surface area contributed by atoms with Gasteiger partial charge in [-0.2, -0.15) is 0 Å². The molecule has 15 rings (SSSR count). The monoisotopic (exact) mass is 1230 g/mol. The molecule has 4 heteroatoms. The van der Waals surface area contributed by atoms with Crippen molar-refractivity contribution >= 4 is 43.2 Å². The fraction of sp³-hybridized carbons (Fsp3) is 0. The second kappa shape index (κ2) is 22.0. The summed E-state index contributed by atoms with van der Waals surface area (Å²) in [4.78, 5) is 14.5. The van der Waals surface area contributed by atoms with Crippen LogP contribution in [0.1, 0.15) is 0 Å². The Balaban J connectivity index is 0.00000614. The number of para-hydroxylation sites is 1. The summed E-state index contributed by atoms with van der Waals surface area (Å²) in [7, 11) is 0. The molecule has 0 atom stereocenters. The van der Waals surface area contributed by atoms with Gasteiger partial charge < -0.3 is 9.97 Å². The van der Waals surface area contributed by atoms with Crippen LogP contribution in [0.3, 0.4) is 0 Å². The molecule has 3 heterocycles. The van der Waals surface area contributed by atoms with Crippen molar-refractivity contribution in [3.05, 3.63) is 310 Å². The number of rotatable bonds is 10. The molecule has 0 bridgehead atoms. The van der Waals surface area contributed by atoms with Crippen molar-refractivity contribution in [3.63, 3.8) is 0 Å². The summed E-state index contributed by atoms with van der Waals surface area (Å²) in [5.41, 5.74) is 22.0. The average Bonchev–Trinajstić information content (AvgIpc) is 3.60. The number of benzene rings is 12. The van der Waals surface area contributed by atoms with Crippen molar-refractivity contribution < 1.29 is 20.1 Å². The van der Waals surface area contributed by atoms with Gasteiger partial charge >= 0.3 is 20.1 Å². The third-order valence-corrected chi connectivity index (χ3v) is 15.9. The first-order chi connectivity index (χ1) is 40.6. The molecular weight excluding hydrogens is 1180 g/mol. The maximum atomic E-state index is 5.28. The molecular formula is C79H48IrN3. The summed E-state index contributed by atoms with van der Waals surface area (Å²) in [6.45, 7) is 0. The Bertz CT molecular complexity index is 4700. The summed E-state index contributed by atoms with van der Waals surface area (Å²) in [6, 6.07) is 110. The summed E-state index contributed by atoms with van der Waals surface area (Å²) in [6.07, 6.45) is 3.65. The van der Waals surface area contributed by atoms with Crippen LogP contribution in [-0.4, -0.2) is 15.0 Å². The number of pyridine rings is 3. The van der Waals surface area contributed by atoms with Crippen LogP contribution in [-0.2, 0) is 20.1 Å². The van der Waals surface area contributed by atoms with Gasteiger partial charge in [0.05, 0.1) is 5.52 Å². The third kappa shape index (κ3) is 9.60. The Hall–Kier alpha value is -10.2. The average molecular weight is 1230 g/mol. The van der Waals surface area contributed by atoms with E-state index < -0.39 is 0 Å². The van der Waals surface area contributed by atoms with E-state index in [-0.39, 0.29) is 20.1 Å². The first-order valence-corrected chi connectivity index (χ1v) is 27.7. The Morgan fingerprint density at radius 3 is 0.988 bits per heavy atom. The van der Waals surface area contributed by atoms with E-state index in [1.807, 2.05) is 48.8 Å². The largest absolute Gasteiger partial charge is 3.00 e. The molecule has 0 spiro atoms. The standard InChI is InChI=1S/C79H48N3.Ir/c1-4-20-65(62(17-1)52-31-37-55(38-32-52)76-28-13-15-45-80-76)59-47-60(66-21-5-2-18-63(66)53-33-39-56(40-34-53)77-29-14-16-46-81-77)49-61(48-59)67-22-6-3-19-64(67)54-35-41-57(42-36-54)79-51-74(73-27-11-12-30-78(73)82-79)58-43-44-72-70-25-8-7-23-68(70)69-24-9-10-26-71(69)75(72)50-58;/h1-37,39,41,43-51H;/q-3;+3. The minimum absolute atomic E-state index is 0. The van der Waals surface area contributed by atoms with E-state index in [1.165, 1.54) is 32.3 Å².